The molecule has 1 spiro atoms. The van der Waals surface area contributed by atoms with Crippen LogP contribution in [-0.2, 0) is 14.9 Å². The normalized spacial score (nSPS) is 25.3. The summed E-state index contributed by atoms with van der Waals surface area (Å²) < 4.78 is 5.59. The van der Waals surface area contributed by atoms with Crippen molar-refractivity contribution in [3.63, 3.8) is 0 Å². The molecule has 1 N–H and O–H groups in total. The quantitative estimate of drug-likeness (QED) is 0.922. The molecule has 0 radical (unpaired) electrons. The second-order valence-corrected chi connectivity index (χ2v) is 7.18. The van der Waals surface area contributed by atoms with Crippen LogP contribution < -0.4 is 0 Å². The Hall–Kier alpha value is -1.39. The topological polar surface area (TPSA) is 49.8 Å². The summed E-state index contributed by atoms with van der Waals surface area (Å²) >= 11 is 0. The second kappa shape index (κ2) is 6.85. The number of hydrogen-bond acceptors (Lipinski definition) is 3. The Morgan fingerprint density at radius 2 is 1.92 bits per heavy atom. The van der Waals surface area contributed by atoms with Crippen LogP contribution in [0.1, 0.15) is 56.8 Å². The van der Waals surface area contributed by atoms with Crippen LogP contribution in [0.3, 0.4) is 0 Å². The number of hydrogen-bond donors (Lipinski definition) is 1. The van der Waals surface area contributed by atoms with E-state index in [1.165, 1.54) is 5.56 Å². The molecule has 0 unspecified atom stereocenters. The number of likely N-dealkylation sites (tertiary alicyclic amines) is 1. The number of carbonyl (C=O) groups is 1. The zero-order valence-electron chi connectivity index (χ0n) is 15.0. The average molecular weight is 331 g/mol. The number of rotatable bonds is 4. The van der Waals surface area contributed by atoms with Gasteiger partial charge in [-0.1, -0.05) is 38.1 Å². The molecule has 1 aliphatic carbocycles. The van der Waals surface area contributed by atoms with Crippen molar-refractivity contribution in [2.75, 3.05) is 20.2 Å². The summed E-state index contributed by atoms with van der Waals surface area (Å²) in [4.78, 5) is 14.6. The molecule has 132 valence electrons. The third-order valence-corrected chi connectivity index (χ3v) is 6.21. The Balaban J connectivity index is 1.81. The zero-order valence-corrected chi connectivity index (χ0v) is 15.0. The Morgan fingerprint density at radius 3 is 2.50 bits per heavy atom. The molecule has 0 bridgehead atoms. The van der Waals surface area contributed by atoms with E-state index in [-0.39, 0.29) is 23.3 Å². The van der Waals surface area contributed by atoms with Gasteiger partial charge in [0.2, 0.25) is 5.91 Å². The maximum Gasteiger partial charge on any atom is 0.225 e. The van der Waals surface area contributed by atoms with Crippen LogP contribution in [0.15, 0.2) is 24.3 Å². The Bertz CT molecular complexity index is 588. The zero-order chi connectivity index (χ0) is 17.3. The van der Waals surface area contributed by atoms with Gasteiger partial charge in [0.1, 0.15) is 6.10 Å². The van der Waals surface area contributed by atoms with Gasteiger partial charge in [-0.3, -0.25) is 4.79 Å². The highest BCUT2D eigenvalue weighted by molar-refractivity contribution is 5.79. The minimum absolute atomic E-state index is 0.131. The smallest absolute Gasteiger partial charge is 0.225 e. The van der Waals surface area contributed by atoms with E-state index in [9.17, 15) is 9.90 Å². The van der Waals surface area contributed by atoms with Crippen LogP contribution >= 0.6 is 0 Å². The minimum Gasteiger partial charge on any atom is -0.389 e. The molecule has 1 aromatic rings. The molecule has 2 aliphatic rings. The van der Waals surface area contributed by atoms with Gasteiger partial charge in [0.05, 0.1) is 6.10 Å². The number of methoxy groups -OCH3 is 1. The van der Waals surface area contributed by atoms with Gasteiger partial charge < -0.3 is 14.7 Å². The van der Waals surface area contributed by atoms with Gasteiger partial charge in [0, 0.05) is 31.5 Å². The predicted molar refractivity (Wildman–Crippen MR) is 93.8 cm³/mol. The molecule has 2 atom stereocenters. The maximum atomic E-state index is 12.7. The maximum absolute atomic E-state index is 12.7. The molecule has 1 fully saturated rings. The molecule has 1 aromatic carbocycles. The number of fused-ring (bicyclic) bond motifs is 2. The van der Waals surface area contributed by atoms with E-state index in [0.29, 0.717) is 0 Å². The molecule has 4 heteroatoms. The molecule has 0 aromatic heterocycles. The van der Waals surface area contributed by atoms with Crippen molar-refractivity contribution in [3.05, 3.63) is 35.4 Å². The van der Waals surface area contributed by atoms with Crippen molar-refractivity contribution >= 4 is 5.91 Å². The number of amides is 1. The molecule has 4 nitrogen and oxygen atoms in total. The summed E-state index contributed by atoms with van der Waals surface area (Å²) in [6.07, 6.45) is 2.60. The van der Waals surface area contributed by atoms with Gasteiger partial charge >= 0.3 is 0 Å². The van der Waals surface area contributed by atoms with Crippen LogP contribution in [-0.4, -0.2) is 42.2 Å². The number of aliphatic hydroxyl groups excluding tert-OH is 1. The van der Waals surface area contributed by atoms with Gasteiger partial charge in [-0.15, -0.1) is 0 Å². The van der Waals surface area contributed by atoms with E-state index in [2.05, 4.69) is 26.0 Å². The summed E-state index contributed by atoms with van der Waals surface area (Å²) in [7, 11) is 1.66. The highest BCUT2D eigenvalue weighted by Gasteiger charge is 2.53. The number of carbonyl (C=O) groups excluding carboxylic acids is 1. The molecule has 1 saturated heterocycles. The summed E-state index contributed by atoms with van der Waals surface area (Å²) in [6, 6.07) is 8.22. The number of piperidine rings is 1. The van der Waals surface area contributed by atoms with Gasteiger partial charge in [-0.05, 0) is 36.8 Å². The van der Waals surface area contributed by atoms with E-state index in [1.807, 2.05) is 17.0 Å². The average Bonchev–Trinajstić information content (AvgIpc) is 2.85. The Morgan fingerprint density at radius 1 is 1.29 bits per heavy atom. The lowest BCUT2D eigenvalue weighted by Gasteiger charge is -2.43. The standard InChI is InChI=1S/C20H29NO3/c1-4-14(5-2)19(23)21-12-10-20(11-13-21)16-9-7-6-8-15(16)17(24-3)18(20)22/h6-9,14,17-18,22H,4-5,10-13H2,1-3H3/t17-,18+/m0/s1. The van der Waals surface area contributed by atoms with Gasteiger partial charge in [-0.25, -0.2) is 0 Å². The van der Waals surface area contributed by atoms with Gasteiger partial charge in [0.25, 0.3) is 0 Å². The summed E-state index contributed by atoms with van der Waals surface area (Å²) in [5.41, 5.74) is 2.04. The number of aliphatic hydroxyl groups is 1. The van der Waals surface area contributed by atoms with E-state index < -0.39 is 6.10 Å². The second-order valence-electron chi connectivity index (χ2n) is 7.18. The first kappa shape index (κ1) is 17.4. The molecule has 3 rings (SSSR count). The van der Waals surface area contributed by atoms with E-state index in [1.54, 1.807) is 7.11 Å². The molecule has 24 heavy (non-hydrogen) atoms. The molecule has 0 saturated carbocycles. The molecular formula is C20H29NO3. The van der Waals surface area contributed by atoms with Crippen molar-refractivity contribution in [1.29, 1.82) is 0 Å². The lowest BCUT2D eigenvalue weighted by molar-refractivity contribution is -0.139. The fourth-order valence-electron chi connectivity index (χ4n) is 4.66. The highest BCUT2D eigenvalue weighted by atomic mass is 16.5. The summed E-state index contributed by atoms with van der Waals surface area (Å²) in [5, 5.41) is 11.0. The Labute approximate surface area is 144 Å². The first-order valence-corrected chi connectivity index (χ1v) is 9.18. The summed E-state index contributed by atoms with van der Waals surface area (Å²) in [6.45, 7) is 5.60. The van der Waals surface area contributed by atoms with E-state index in [4.69, 9.17) is 4.74 Å². The lowest BCUT2D eigenvalue weighted by atomic mass is 9.72. The number of benzene rings is 1. The lowest BCUT2D eigenvalue weighted by Crippen LogP contribution is -2.50. The SMILES string of the molecule is CCC(CC)C(=O)N1CCC2(CC1)c1ccccc1[C@H](OC)[C@H]2O. The first-order chi connectivity index (χ1) is 11.6. The largest absolute Gasteiger partial charge is 0.389 e. The first-order valence-electron chi connectivity index (χ1n) is 9.18. The Kier molecular flexibility index (Phi) is 4.97. The van der Waals surface area contributed by atoms with Crippen molar-refractivity contribution < 1.29 is 14.6 Å². The third-order valence-electron chi connectivity index (χ3n) is 6.21. The number of nitrogens with zero attached hydrogens (tertiary/aromatic N) is 1. The van der Waals surface area contributed by atoms with E-state index >= 15 is 0 Å². The van der Waals surface area contributed by atoms with Crippen molar-refractivity contribution in [2.24, 2.45) is 5.92 Å². The van der Waals surface area contributed by atoms with Crippen LogP contribution in [0.2, 0.25) is 0 Å². The van der Waals surface area contributed by atoms with Crippen molar-refractivity contribution in [1.82, 2.24) is 4.90 Å². The van der Waals surface area contributed by atoms with Crippen LogP contribution in [0.25, 0.3) is 0 Å². The molecule has 1 heterocycles. The number of ether oxygens (including phenoxy) is 1. The predicted octanol–water partition coefficient (Wildman–Crippen LogP) is 3.05. The van der Waals surface area contributed by atoms with Gasteiger partial charge in [-0.2, -0.15) is 0 Å². The molecule has 1 amide bonds. The molecular weight excluding hydrogens is 302 g/mol. The van der Waals surface area contributed by atoms with Crippen LogP contribution in [0.5, 0.6) is 0 Å². The van der Waals surface area contributed by atoms with Gasteiger partial charge in [0.15, 0.2) is 0 Å². The fraction of sp³-hybridized carbons (Fsp3) is 0.650. The molecule has 1 aliphatic heterocycles. The monoisotopic (exact) mass is 331 g/mol. The summed E-state index contributed by atoms with van der Waals surface area (Å²) in [5.74, 6) is 0.408. The van der Waals surface area contributed by atoms with Crippen molar-refractivity contribution in [2.45, 2.75) is 57.2 Å². The van der Waals surface area contributed by atoms with Crippen molar-refractivity contribution in [3.8, 4) is 0 Å². The highest BCUT2D eigenvalue weighted by Crippen LogP contribution is 2.52. The van der Waals surface area contributed by atoms with Crippen LogP contribution in [0, 0.1) is 5.92 Å². The fourth-order valence-corrected chi connectivity index (χ4v) is 4.66. The van der Waals surface area contributed by atoms with E-state index in [0.717, 1.165) is 44.3 Å². The third kappa shape index (κ3) is 2.56. The minimum atomic E-state index is -0.537. The van der Waals surface area contributed by atoms with Crippen LogP contribution in [0.4, 0.5) is 0 Å².